The number of carbonyl (C=O) groups is 1. The van der Waals surface area contributed by atoms with Crippen LogP contribution in [0.5, 0.6) is 0 Å². The lowest BCUT2D eigenvalue weighted by Gasteiger charge is -2.19. The summed E-state index contributed by atoms with van der Waals surface area (Å²) in [6.45, 7) is -0.642. The summed E-state index contributed by atoms with van der Waals surface area (Å²) in [5.41, 5.74) is 6.53. The Balaban J connectivity index is -0.000000280. The second-order valence-electron chi connectivity index (χ2n) is 2.77. The average Bonchev–Trinajstić information content (AvgIpc) is 2.28. The Morgan fingerprint density at radius 1 is 1.35 bits per heavy atom. The van der Waals surface area contributed by atoms with Gasteiger partial charge < -0.3 is 31.0 Å². The second kappa shape index (κ2) is 13.1. The molecule has 0 aliphatic rings. The number of rotatable bonds is 5. The van der Waals surface area contributed by atoms with E-state index < -0.39 is 24.9 Å². The molecule has 104 valence electrons. The molecule has 0 radical (unpaired) electrons. The maximum Gasteiger partial charge on any atom is 0.200 e. The predicted molar refractivity (Wildman–Crippen MR) is 62.3 cm³/mol. The lowest BCUT2D eigenvalue weighted by Crippen LogP contribution is -2.39. The van der Waals surface area contributed by atoms with Crippen molar-refractivity contribution < 1.29 is 25.2 Å². The van der Waals surface area contributed by atoms with E-state index in [2.05, 4.69) is 11.6 Å². The fourth-order valence-corrected chi connectivity index (χ4v) is 0.602. The molecule has 3 atom stereocenters. The molecule has 0 aromatic carbocycles. The van der Waals surface area contributed by atoms with Gasteiger partial charge in [0.2, 0.25) is 0 Å². The van der Waals surface area contributed by atoms with Gasteiger partial charge in [0.05, 0.1) is 12.7 Å². The number of aldehydes is 1. The van der Waals surface area contributed by atoms with Crippen LogP contribution in [-0.2, 0) is 4.79 Å². The van der Waals surface area contributed by atoms with Crippen molar-refractivity contribution in [1.82, 2.24) is 5.43 Å². The number of halogens is 1. The zero-order valence-electron chi connectivity index (χ0n) is 8.98. The van der Waals surface area contributed by atoms with Crippen LogP contribution < -0.4 is 17.0 Å². The first-order valence-electron chi connectivity index (χ1n) is 4.30. The third-order valence-electron chi connectivity index (χ3n) is 1.47. The number of nitrogens with one attached hydrogen (secondary N) is 2. The van der Waals surface area contributed by atoms with Gasteiger partial charge in [-0.3, -0.25) is 10.8 Å². The number of hydrogen-bond acceptors (Lipinski definition) is 7. The van der Waals surface area contributed by atoms with Crippen molar-refractivity contribution in [3.63, 3.8) is 0 Å². The lowest BCUT2D eigenvalue weighted by molar-refractivity contribution is -0.115. The molecule has 10 heteroatoms. The SMILES string of the molecule is Cl.N=C(N)NN.O=CCC(O)C(O)C(O)CO. The van der Waals surface area contributed by atoms with Crippen molar-refractivity contribution in [3.8, 4) is 0 Å². The first-order valence-corrected chi connectivity index (χ1v) is 4.30. The Bertz CT molecular complexity index is 209. The average molecular weight is 275 g/mol. The van der Waals surface area contributed by atoms with E-state index in [1.807, 2.05) is 5.43 Å². The van der Waals surface area contributed by atoms with Crippen LogP contribution in [0.3, 0.4) is 0 Å². The van der Waals surface area contributed by atoms with Gasteiger partial charge in [0, 0.05) is 6.42 Å². The molecule has 0 aliphatic carbocycles. The number of hydrazine groups is 1. The van der Waals surface area contributed by atoms with Gasteiger partial charge in [0.15, 0.2) is 5.96 Å². The monoisotopic (exact) mass is 274 g/mol. The van der Waals surface area contributed by atoms with Crippen molar-refractivity contribution in [2.24, 2.45) is 11.6 Å². The van der Waals surface area contributed by atoms with Crippen LogP contribution >= 0.6 is 12.4 Å². The van der Waals surface area contributed by atoms with E-state index in [1.165, 1.54) is 0 Å². The van der Waals surface area contributed by atoms with Crippen molar-refractivity contribution >= 4 is 24.7 Å². The highest BCUT2D eigenvalue weighted by atomic mass is 35.5. The first-order chi connectivity index (χ1) is 7.40. The summed E-state index contributed by atoms with van der Waals surface area (Å²) in [7, 11) is 0. The van der Waals surface area contributed by atoms with Crippen LogP contribution in [0, 0.1) is 5.41 Å². The topological polar surface area (TPSA) is 186 Å². The number of aliphatic hydroxyl groups excluding tert-OH is 4. The first kappa shape index (κ1) is 21.3. The molecule has 0 saturated carbocycles. The molecule has 0 saturated heterocycles. The van der Waals surface area contributed by atoms with E-state index >= 15 is 0 Å². The molecule has 0 fully saturated rings. The van der Waals surface area contributed by atoms with Crippen LogP contribution in [0.25, 0.3) is 0 Å². The van der Waals surface area contributed by atoms with E-state index in [9.17, 15) is 4.79 Å². The highest BCUT2D eigenvalue weighted by Crippen LogP contribution is 2.01. The molecule has 0 spiro atoms. The van der Waals surface area contributed by atoms with Gasteiger partial charge in [-0.25, -0.2) is 5.84 Å². The molecule has 0 aromatic heterocycles. The summed E-state index contributed by atoms with van der Waals surface area (Å²) in [5, 5.41) is 41.1. The minimum atomic E-state index is -1.47. The normalized spacial score (nSPS) is 14.2. The Morgan fingerprint density at radius 3 is 2.00 bits per heavy atom. The fourth-order valence-electron chi connectivity index (χ4n) is 0.602. The van der Waals surface area contributed by atoms with Crippen molar-refractivity contribution in [2.45, 2.75) is 24.7 Å². The van der Waals surface area contributed by atoms with E-state index in [4.69, 9.17) is 25.8 Å². The van der Waals surface area contributed by atoms with E-state index in [0.29, 0.717) is 6.29 Å². The Hall–Kier alpha value is -0.970. The van der Waals surface area contributed by atoms with Gasteiger partial charge in [-0.2, -0.15) is 0 Å². The molecular formula is C7H19ClN4O5. The molecule has 10 N–H and O–H groups in total. The maximum absolute atomic E-state index is 9.82. The number of carbonyl (C=O) groups excluding carboxylic acids is 1. The van der Waals surface area contributed by atoms with E-state index in [0.717, 1.165) is 0 Å². The minimum absolute atomic E-state index is 0. The van der Waals surface area contributed by atoms with Crippen LogP contribution in [0.4, 0.5) is 0 Å². The summed E-state index contributed by atoms with van der Waals surface area (Å²) in [6.07, 6.45) is -4.00. The Kier molecular flexibility index (Phi) is 16.4. The molecule has 3 unspecified atom stereocenters. The highest BCUT2D eigenvalue weighted by Gasteiger charge is 2.23. The fraction of sp³-hybridized carbons (Fsp3) is 0.714. The highest BCUT2D eigenvalue weighted by molar-refractivity contribution is 5.85. The third-order valence-corrected chi connectivity index (χ3v) is 1.47. The number of hydrogen-bond donors (Lipinski definition) is 8. The second-order valence-corrected chi connectivity index (χ2v) is 2.77. The van der Waals surface area contributed by atoms with Crippen LogP contribution in [-0.4, -0.2) is 57.6 Å². The lowest BCUT2D eigenvalue weighted by atomic mass is 10.1. The zero-order valence-corrected chi connectivity index (χ0v) is 9.80. The van der Waals surface area contributed by atoms with Crippen molar-refractivity contribution in [2.75, 3.05) is 6.61 Å². The molecule has 0 rings (SSSR count). The molecule has 0 amide bonds. The maximum atomic E-state index is 9.82. The van der Waals surface area contributed by atoms with E-state index in [-0.39, 0.29) is 24.8 Å². The van der Waals surface area contributed by atoms with Gasteiger partial charge >= 0.3 is 0 Å². The summed E-state index contributed by atoms with van der Waals surface area (Å²) in [5.74, 6) is 4.35. The molecule has 9 nitrogen and oxygen atoms in total. The van der Waals surface area contributed by atoms with Crippen molar-refractivity contribution in [3.05, 3.63) is 0 Å². The van der Waals surface area contributed by atoms with Crippen LogP contribution in [0.1, 0.15) is 6.42 Å². The largest absolute Gasteiger partial charge is 0.394 e. The molecule has 0 aromatic rings. The quantitative estimate of drug-likeness (QED) is 0.0830. The van der Waals surface area contributed by atoms with E-state index in [1.54, 1.807) is 0 Å². The van der Waals surface area contributed by atoms with Gasteiger partial charge in [0.1, 0.15) is 18.5 Å². The summed E-state index contributed by atoms with van der Waals surface area (Å²) in [4.78, 5) is 9.82. The number of aliphatic hydroxyl groups is 4. The Morgan fingerprint density at radius 2 is 1.76 bits per heavy atom. The molecule has 17 heavy (non-hydrogen) atoms. The summed E-state index contributed by atoms with van der Waals surface area (Å²) >= 11 is 0. The van der Waals surface area contributed by atoms with Gasteiger partial charge in [0.25, 0.3) is 0 Å². The zero-order chi connectivity index (χ0) is 13.1. The van der Waals surface area contributed by atoms with Crippen LogP contribution in [0.15, 0.2) is 0 Å². The smallest absolute Gasteiger partial charge is 0.200 e. The molecule has 0 aliphatic heterocycles. The molecular weight excluding hydrogens is 256 g/mol. The Labute approximate surface area is 104 Å². The van der Waals surface area contributed by atoms with Gasteiger partial charge in [-0.15, -0.1) is 12.4 Å². The van der Waals surface area contributed by atoms with Gasteiger partial charge in [-0.1, -0.05) is 0 Å². The van der Waals surface area contributed by atoms with Crippen LogP contribution in [0.2, 0.25) is 0 Å². The number of guanidine groups is 1. The van der Waals surface area contributed by atoms with Gasteiger partial charge in [-0.05, 0) is 0 Å². The summed E-state index contributed by atoms with van der Waals surface area (Å²) < 4.78 is 0. The minimum Gasteiger partial charge on any atom is -0.394 e. The predicted octanol–water partition coefficient (Wildman–Crippen LogP) is -3.58. The molecule has 0 bridgehead atoms. The standard InChI is InChI=1S/C6H12O5.CH6N4.ClH/c7-2-1-4(9)6(11)5(10)3-8;2-1(3)5-4;/h2,4-6,8-11H,1,3H2;4H2,(H4,2,3,5);1H. The number of nitrogens with two attached hydrogens (primary N) is 2. The summed E-state index contributed by atoms with van der Waals surface area (Å²) in [6, 6.07) is 0. The third kappa shape index (κ3) is 13.0. The molecule has 0 heterocycles. The van der Waals surface area contributed by atoms with Crippen molar-refractivity contribution in [1.29, 1.82) is 5.41 Å².